The highest BCUT2D eigenvalue weighted by atomic mass is 32.2. The number of hydrogen-bond donors (Lipinski definition) is 3. The molecule has 166 valence electrons. The number of aromatic hydroxyl groups is 1. The van der Waals surface area contributed by atoms with Gasteiger partial charge in [0.2, 0.25) is 10.0 Å². The van der Waals surface area contributed by atoms with Crippen molar-refractivity contribution < 1.29 is 28.2 Å². The predicted molar refractivity (Wildman–Crippen MR) is 115 cm³/mol. The van der Waals surface area contributed by atoms with Gasteiger partial charge in [-0.2, -0.15) is 5.26 Å². The molecule has 0 saturated carbocycles. The summed E-state index contributed by atoms with van der Waals surface area (Å²) in [5.74, 6) is -0.470. The largest absolute Gasteiger partial charge is 0.507 e. The Hall–Kier alpha value is -3.09. The summed E-state index contributed by atoms with van der Waals surface area (Å²) in [6.45, 7) is 4.37. The molecule has 0 amide bonds. The first-order valence-electron chi connectivity index (χ1n) is 9.84. The van der Waals surface area contributed by atoms with E-state index >= 15 is 0 Å². The SMILES string of the molecule is CC(C)c1ccc(CCNS(=O)(=O)c2cc(C#N)ccc2O)c(OCCCC(=O)O)c1. The van der Waals surface area contributed by atoms with E-state index in [9.17, 15) is 18.3 Å². The monoisotopic (exact) mass is 446 g/mol. The van der Waals surface area contributed by atoms with Crippen molar-refractivity contribution in [2.24, 2.45) is 0 Å². The number of ether oxygens (including phenoxy) is 1. The lowest BCUT2D eigenvalue weighted by atomic mass is 10.00. The van der Waals surface area contributed by atoms with Crippen molar-refractivity contribution in [3.8, 4) is 17.6 Å². The molecule has 0 aromatic heterocycles. The van der Waals surface area contributed by atoms with Gasteiger partial charge in [0.05, 0.1) is 18.2 Å². The van der Waals surface area contributed by atoms with Crippen LogP contribution in [0.15, 0.2) is 41.3 Å². The first-order valence-corrected chi connectivity index (χ1v) is 11.3. The molecule has 31 heavy (non-hydrogen) atoms. The van der Waals surface area contributed by atoms with Crippen LogP contribution in [0.3, 0.4) is 0 Å². The van der Waals surface area contributed by atoms with Gasteiger partial charge < -0.3 is 14.9 Å². The average molecular weight is 447 g/mol. The van der Waals surface area contributed by atoms with Crippen LogP contribution in [0.25, 0.3) is 0 Å². The highest BCUT2D eigenvalue weighted by Crippen LogP contribution is 2.26. The number of sulfonamides is 1. The summed E-state index contributed by atoms with van der Waals surface area (Å²) in [6, 6.07) is 11.2. The number of hydrogen-bond acceptors (Lipinski definition) is 6. The molecular formula is C22H26N2O6S. The Morgan fingerprint density at radius 1 is 1.23 bits per heavy atom. The van der Waals surface area contributed by atoms with Crippen molar-refractivity contribution in [1.29, 1.82) is 5.26 Å². The van der Waals surface area contributed by atoms with Crippen molar-refractivity contribution in [2.75, 3.05) is 13.2 Å². The standard InChI is InChI=1S/C22H26N2O6S/c1-15(2)18-7-6-17(20(13-18)30-11-3-4-22(26)27)9-10-24-31(28,29)21-12-16(14-23)5-8-19(21)25/h5-8,12-13,15,24-25H,3-4,9-11H2,1-2H3,(H,26,27). The zero-order valence-electron chi connectivity index (χ0n) is 17.5. The third-order valence-electron chi connectivity index (χ3n) is 4.62. The fraction of sp³-hybridized carbons (Fsp3) is 0.364. The molecule has 0 radical (unpaired) electrons. The summed E-state index contributed by atoms with van der Waals surface area (Å²) in [5.41, 5.74) is 1.95. The van der Waals surface area contributed by atoms with Crippen LogP contribution >= 0.6 is 0 Å². The maximum absolute atomic E-state index is 12.5. The number of nitriles is 1. The molecule has 2 aromatic carbocycles. The highest BCUT2D eigenvalue weighted by Gasteiger charge is 2.19. The first-order chi connectivity index (χ1) is 14.6. The summed E-state index contributed by atoms with van der Waals surface area (Å²) in [7, 11) is -4.02. The average Bonchev–Trinajstić information content (AvgIpc) is 2.71. The maximum Gasteiger partial charge on any atom is 0.303 e. The lowest BCUT2D eigenvalue weighted by molar-refractivity contribution is -0.137. The Kier molecular flexibility index (Phi) is 8.42. The van der Waals surface area contributed by atoms with E-state index in [2.05, 4.69) is 4.72 Å². The molecular weight excluding hydrogens is 420 g/mol. The summed E-state index contributed by atoms with van der Waals surface area (Å²) >= 11 is 0. The lowest BCUT2D eigenvalue weighted by Crippen LogP contribution is -2.26. The van der Waals surface area contributed by atoms with Gasteiger partial charge >= 0.3 is 5.97 Å². The van der Waals surface area contributed by atoms with Gasteiger partial charge in [-0.25, -0.2) is 13.1 Å². The molecule has 9 heteroatoms. The number of phenols is 1. The molecule has 2 aromatic rings. The second-order valence-corrected chi connectivity index (χ2v) is 9.05. The normalized spacial score (nSPS) is 11.3. The second kappa shape index (κ2) is 10.8. The van der Waals surface area contributed by atoms with Crippen LogP contribution in [0.4, 0.5) is 0 Å². The Morgan fingerprint density at radius 3 is 2.61 bits per heavy atom. The van der Waals surface area contributed by atoms with Gasteiger partial charge in [0.25, 0.3) is 0 Å². The Morgan fingerprint density at radius 2 is 1.97 bits per heavy atom. The van der Waals surface area contributed by atoms with E-state index in [-0.39, 0.29) is 35.9 Å². The van der Waals surface area contributed by atoms with Crippen LogP contribution in [0.5, 0.6) is 11.5 Å². The summed E-state index contributed by atoms with van der Waals surface area (Å²) in [4.78, 5) is 10.3. The minimum Gasteiger partial charge on any atom is -0.507 e. The van der Waals surface area contributed by atoms with E-state index in [1.807, 2.05) is 38.1 Å². The molecule has 3 N–H and O–H groups in total. The molecule has 0 spiro atoms. The van der Waals surface area contributed by atoms with Gasteiger partial charge in [-0.3, -0.25) is 4.79 Å². The van der Waals surface area contributed by atoms with Crippen LogP contribution in [-0.2, 0) is 21.2 Å². The molecule has 8 nitrogen and oxygen atoms in total. The minimum absolute atomic E-state index is 0.00422. The van der Waals surface area contributed by atoms with Crippen molar-refractivity contribution in [3.05, 3.63) is 53.1 Å². The van der Waals surface area contributed by atoms with E-state index < -0.39 is 21.7 Å². The molecule has 0 bridgehead atoms. The van der Waals surface area contributed by atoms with Crippen molar-refractivity contribution >= 4 is 16.0 Å². The van der Waals surface area contributed by atoms with E-state index in [0.717, 1.165) is 17.2 Å². The number of carbonyl (C=O) groups is 1. The Labute approximate surface area is 182 Å². The molecule has 0 fully saturated rings. The Balaban J connectivity index is 2.11. The van der Waals surface area contributed by atoms with Crippen LogP contribution in [0.2, 0.25) is 0 Å². The molecule has 0 aliphatic carbocycles. The fourth-order valence-electron chi connectivity index (χ4n) is 2.87. The molecule has 0 saturated heterocycles. The number of carboxylic acid groups (broad SMARTS) is 1. The topological polar surface area (TPSA) is 137 Å². The second-order valence-electron chi connectivity index (χ2n) is 7.31. The summed E-state index contributed by atoms with van der Waals surface area (Å²) < 4.78 is 33.3. The summed E-state index contributed by atoms with van der Waals surface area (Å²) in [5, 5.41) is 27.6. The number of nitrogens with one attached hydrogen (secondary N) is 1. The number of phenolic OH excluding ortho intramolecular Hbond substituents is 1. The van der Waals surface area contributed by atoms with Gasteiger partial charge in [0, 0.05) is 13.0 Å². The Bertz CT molecular complexity index is 1070. The summed E-state index contributed by atoms with van der Waals surface area (Å²) in [6.07, 6.45) is 0.691. The fourth-order valence-corrected chi connectivity index (χ4v) is 4.03. The number of nitrogens with zero attached hydrogens (tertiary/aromatic N) is 1. The molecule has 2 rings (SSSR count). The van der Waals surface area contributed by atoms with Crippen molar-refractivity contribution in [2.45, 2.75) is 43.9 Å². The molecule has 0 aliphatic heterocycles. The third-order valence-corrected chi connectivity index (χ3v) is 6.11. The number of benzene rings is 2. The molecule has 0 heterocycles. The molecule has 0 aliphatic rings. The van der Waals surface area contributed by atoms with Crippen LogP contribution in [0.1, 0.15) is 49.3 Å². The zero-order chi connectivity index (χ0) is 23.0. The minimum atomic E-state index is -4.02. The van der Waals surface area contributed by atoms with Crippen LogP contribution in [-0.4, -0.2) is 37.8 Å². The zero-order valence-corrected chi connectivity index (χ0v) is 18.3. The predicted octanol–water partition coefficient (Wildman–Crippen LogP) is 3.15. The molecule has 0 unspecified atom stereocenters. The highest BCUT2D eigenvalue weighted by molar-refractivity contribution is 7.89. The van der Waals surface area contributed by atoms with Crippen LogP contribution < -0.4 is 9.46 Å². The number of aliphatic carboxylic acids is 1. The van der Waals surface area contributed by atoms with Crippen molar-refractivity contribution in [3.63, 3.8) is 0 Å². The third kappa shape index (κ3) is 6.98. The van der Waals surface area contributed by atoms with E-state index in [4.69, 9.17) is 15.1 Å². The lowest BCUT2D eigenvalue weighted by Gasteiger charge is -2.15. The van der Waals surface area contributed by atoms with E-state index in [1.54, 1.807) is 0 Å². The number of carboxylic acids is 1. The van der Waals surface area contributed by atoms with Gasteiger partial charge in [0.1, 0.15) is 16.4 Å². The number of rotatable bonds is 11. The van der Waals surface area contributed by atoms with Gasteiger partial charge in [-0.1, -0.05) is 26.0 Å². The smallest absolute Gasteiger partial charge is 0.303 e. The van der Waals surface area contributed by atoms with Crippen molar-refractivity contribution in [1.82, 2.24) is 4.72 Å². The maximum atomic E-state index is 12.5. The molecule has 0 atom stereocenters. The first kappa shape index (κ1) is 24.2. The van der Waals surface area contributed by atoms with Gasteiger partial charge in [0.15, 0.2) is 0 Å². The van der Waals surface area contributed by atoms with Crippen LogP contribution in [0, 0.1) is 11.3 Å². The van der Waals surface area contributed by atoms with Gasteiger partial charge in [-0.15, -0.1) is 0 Å². The van der Waals surface area contributed by atoms with E-state index in [1.165, 1.54) is 12.1 Å². The van der Waals surface area contributed by atoms with Gasteiger partial charge in [-0.05, 0) is 54.2 Å². The van der Waals surface area contributed by atoms with E-state index in [0.29, 0.717) is 18.6 Å². The quantitative estimate of drug-likeness (QED) is 0.451.